The molecule has 2 saturated heterocycles. The number of nitrogens with zero attached hydrogens (tertiary/aromatic N) is 3. The van der Waals surface area contributed by atoms with Crippen LogP contribution in [0, 0.1) is 0 Å². The fourth-order valence-electron chi connectivity index (χ4n) is 4.59. The van der Waals surface area contributed by atoms with Gasteiger partial charge in [-0.05, 0) is 61.1 Å². The third kappa shape index (κ3) is 5.09. The monoisotopic (exact) mass is 516 g/mol. The number of halogens is 2. The summed E-state index contributed by atoms with van der Waals surface area (Å²) in [6.07, 6.45) is 2.79. The maximum Gasteiger partial charge on any atom is 0.170 e. The van der Waals surface area contributed by atoms with E-state index >= 15 is 0 Å². The van der Waals surface area contributed by atoms with E-state index in [0.29, 0.717) is 20.9 Å². The SMILES string of the molecule is S=C1N[C@H](c2ccccn2)[C@H](c2ccc(-c3ccc(Cl)cc3Cl)o2)N1CCCN1CCOCC1. The third-order valence-electron chi connectivity index (χ3n) is 6.29. The predicted molar refractivity (Wildman–Crippen MR) is 138 cm³/mol. The van der Waals surface area contributed by atoms with E-state index < -0.39 is 0 Å². The van der Waals surface area contributed by atoms with Crippen molar-refractivity contribution in [2.75, 3.05) is 39.4 Å². The number of benzene rings is 1. The molecule has 2 aliphatic heterocycles. The highest BCUT2D eigenvalue weighted by Gasteiger charge is 2.41. The quantitative estimate of drug-likeness (QED) is 0.425. The van der Waals surface area contributed by atoms with Crippen molar-refractivity contribution in [1.29, 1.82) is 0 Å². The highest BCUT2D eigenvalue weighted by atomic mass is 35.5. The largest absolute Gasteiger partial charge is 0.459 e. The molecule has 0 unspecified atom stereocenters. The Morgan fingerprint density at radius 3 is 2.68 bits per heavy atom. The molecule has 9 heteroatoms. The Labute approximate surface area is 214 Å². The standard InChI is InChI=1S/C25H26Cl2N4O2S/c26-17-5-6-18(19(27)16-17)21-7-8-22(33-21)24-23(20-4-1-2-9-28-20)29-25(34)31(24)11-3-10-30-12-14-32-15-13-30/h1-2,4-9,16,23-24H,3,10-15H2,(H,29,34)/t23-,24+/m1/s1. The lowest BCUT2D eigenvalue weighted by molar-refractivity contribution is 0.0365. The first kappa shape index (κ1) is 23.6. The topological polar surface area (TPSA) is 53.8 Å². The van der Waals surface area contributed by atoms with Gasteiger partial charge in [-0.1, -0.05) is 29.3 Å². The molecule has 0 saturated carbocycles. The van der Waals surface area contributed by atoms with Crippen LogP contribution >= 0.6 is 35.4 Å². The van der Waals surface area contributed by atoms with Crippen molar-refractivity contribution < 1.29 is 9.15 Å². The van der Waals surface area contributed by atoms with Crippen molar-refractivity contribution in [3.63, 3.8) is 0 Å². The summed E-state index contributed by atoms with van der Waals surface area (Å²) in [5.74, 6) is 1.51. The third-order valence-corrected chi connectivity index (χ3v) is 7.19. The summed E-state index contributed by atoms with van der Waals surface area (Å²) in [7, 11) is 0. The Bertz CT molecular complexity index is 1140. The lowest BCUT2D eigenvalue weighted by Crippen LogP contribution is -2.38. The van der Waals surface area contributed by atoms with Gasteiger partial charge in [0.2, 0.25) is 0 Å². The van der Waals surface area contributed by atoms with Crippen LogP contribution in [0.15, 0.2) is 59.1 Å². The molecule has 1 N–H and O–H groups in total. The molecule has 6 nitrogen and oxygen atoms in total. The Balaban J connectivity index is 1.41. The van der Waals surface area contributed by atoms with E-state index in [0.717, 1.165) is 62.8 Å². The smallest absolute Gasteiger partial charge is 0.170 e. The summed E-state index contributed by atoms with van der Waals surface area (Å²) in [6, 6.07) is 15.1. The second-order valence-electron chi connectivity index (χ2n) is 8.45. The van der Waals surface area contributed by atoms with Crippen LogP contribution in [-0.4, -0.2) is 59.3 Å². The van der Waals surface area contributed by atoms with E-state index in [1.54, 1.807) is 12.3 Å². The Kier molecular flexibility index (Phi) is 7.37. The predicted octanol–water partition coefficient (Wildman–Crippen LogP) is 5.34. The average Bonchev–Trinajstić information content (AvgIpc) is 3.45. The number of pyridine rings is 1. The van der Waals surface area contributed by atoms with Gasteiger partial charge < -0.3 is 19.4 Å². The zero-order valence-corrected chi connectivity index (χ0v) is 21.0. The van der Waals surface area contributed by atoms with E-state index in [9.17, 15) is 0 Å². The number of aromatic nitrogens is 1. The molecule has 4 heterocycles. The first-order valence-corrected chi connectivity index (χ1v) is 12.6. The summed E-state index contributed by atoms with van der Waals surface area (Å²) in [4.78, 5) is 9.26. The van der Waals surface area contributed by atoms with E-state index in [1.165, 1.54) is 0 Å². The summed E-state index contributed by atoms with van der Waals surface area (Å²) in [5, 5.41) is 5.34. The van der Waals surface area contributed by atoms with Gasteiger partial charge >= 0.3 is 0 Å². The van der Waals surface area contributed by atoms with Crippen LogP contribution in [0.3, 0.4) is 0 Å². The van der Waals surface area contributed by atoms with Gasteiger partial charge in [0.05, 0.1) is 30.0 Å². The fraction of sp³-hybridized carbons (Fsp3) is 0.360. The molecule has 0 radical (unpaired) electrons. The fourth-order valence-corrected chi connectivity index (χ4v) is 5.42. The van der Waals surface area contributed by atoms with Gasteiger partial charge in [-0.15, -0.1) is 0 Å². The highest BCUT2D eigenvalue weighted by molar-refractivity contribution is 7.80. The van der Waals surface area contributed by atoms with Crippen molar-refractivity contribution in [2.24, 2.45) is 0 Å². The van der Waals surface area contributed by atoms with Crippen LogP contribution in [0.25, 0.3) is 11.3 Å². The normalized spacial score (nSPS) is 21.1. The minimum absolute atomic E-state index is 0.114. The summed E-state index contributed by atoms with van der Waals surface area (Å²) in [6.45, 7) is 5.38. The number of furan rings is 1. The number of nitrogens with one attached hydrogen (secondary N) is 1. The molecule has 2 fully saturated rings. The minimum Gasteiger partial charge on any atom is -0.459 e. The number of hydrogen-bond donors (Lipinski definition) is 1. The molecule has 5 rings (SSSR count). The molecule has 0 bridgehead atoms. The molecule has 1 aromatic carbocycles. The van der Waals surface area contributed by atoms with E-state index in [1.807, 2.05) is 42.5 Å². The molecule has 2 aromatic heterocycles. The molecule has 34 heavy (non-hydrogen) atoms. The minimum atomic E-state index is -0.119. The zero-order valence-electron chi connectivity index (χ0n) is 18.6. The summed E-state index contributed by atoms with van der Waals surface area (Å²) in [5.41, 5.74) is 1.73. The van der Waals surface area contributed by atoms with E-state index in [4.69, 9.17) is 44.6 Å². The number of ether oxygens (including phenoxy) is 1. The van der Waals surface area contributed by atoms with Crippen LogP contribution in [0.1, 0.15) is 30.0 Å². The van der Waals surface area contributed by atoms with Crippen LogP contribution < -0.4 is 5.32 Å². The van der Waals surface area contributed by atoms with Gasteiger partial charge in [0, 0.05) is 43.0 Å². The molecule has 2 atom stereocenters. The Hall–Kier alpha value is -2.16. The first-order chi connectivity index (χ1) is 16.6. The zero-order chi connectivity index (χ0) is 23.5. The van der Waals surface area contributed by atoms with Crippen molar-refractivity contribution in [2.45, 2.75) is 18.5 Å². The lowest BCUT2D eigenvalue weighted by Gasteiger charge is -2.29. The molecule has 2 aliphatic rings. The second kappa shape index (κ2) is 10.6. The van der Waals surface area contributed by atoms with Crippen molar-refractivity contribution in [1.82, 2.24) is 20.1 Å². The molecule has 0 spiro atoms. The molecular weight excluding hydrogens is 491 g/mol. The maximum atomic E-state index is 6.44. The molecular formula is C25H26Cl2N4O2S. The molecule has 3 aromatic rings. The van der Waals surface area contributed by atoms with Gasteiger partial charge in [0.25, 0.3) is 0 Å². The van der Waals surface area contributed by atoms with Gasteiger partial charge in [-0.25, -0.2) is 0 Å². The van der Waals surface area contributed by atoms with Crippen LogP contribution in [-0.2, 0) is 4.74 Å². The van der Waals surface area contributed by atoms with Gasteiger partial charge in [-0.3, -0.25) is 9.88 Å². The molecule has 178 valence electrons. The number of thiocarbonyl (C=S) groups is 1. The Morgan fingerprint density at radius 1 is 1.06 bits per heavy atom. The maximum absolute atomic E-state index is 6.44. The van der Waals surface area contributed by atoms with Crippen LogP contribution in [0.5, 0.6) is 0 Å². The number of morpholine rings is 1. The first-order valence-electron chi connectivity index (χ1n) is 11.4. The van der Waals surface area contributed by atoms with Crippen molar-refractivity contribution in [3.05, 3.63) is 76.2 Å². The average molecular weight is 517 g/mol. The van der Waals surface area contributed by atoms with E-state index in [2.05, 4.69) is 20.1 Å². The lowest BCUT2D eigenvalue weighted by atomic mass is 10.0. The van der Waals surface area contributed by atoms with Crippen molar-refractivity contribution >= 4 is 40.5 Å². The van der Waals surface area contributed by atoms with Gasteiger partial charge in [-0.2, -0.15) is 0 Å². The Morgan fingerprint density at radius 2 is 1.91 bits per heavy atom. The molecule has 0 amide bonds. The number of hydrogen-bond acceptors (Lipinski definition) is 5. The van der Waals surface area contributed by atoms with Crippen LogP contribution in [0.2, 0.25) is 10.0 Å². The highest BCUT2D eigenvalue weighted by Crippen LogP contribution is 2.41. The second-order valence-corrected chi connectivity index (χ2v) is 9.68. The van der Waals surface area contributed by atoms with Crippen LogP contribution in [0.4, 0.5) is 0 Å². The van der Waals surface area contributed by atoms with E-state index in [-0.39, 0.29) is 12.1 Å². The summed E-state index contributed by atoms with van der Waals surface area (Å²) >= 11 is 18.3. The summed E-state index contributed by atoms with van der Waals surface area (Å²) < 4.78 is 11.8. The van der Waals surface area contributed by atoms with Crippen molar-refractivity contribution in [3.8, 4) is 11.3 Å². The van der Waals surface area contributed by atoms with Gasteiger partial charge in [0.1, 0.15) is 17.6 Å². The van der Waals surface area contributed by atoms with Gasteiger partial charge in [0.15, 0.2) is 5.11 Å². The molecule has 0 aliphatic carbocycles. The number of rotatable bonds is 7.